The van der Waals surface area contributed by atoms with Crippen molar-refractivity contribution in [3.63, 3.8) is 0 Å². The third kappa shape index (κ3) is 5.85. The van der Waals surface area contributed by atoms with Crippen molar-refractivity contribution in [2.24, 2.45) is 0 Å². The van der Waals surface area contributed by atoms with Crippen molar-refractivity contribution in [3.05, 3.63) is 217 Å². The Morgan fingerprint density at radius 1 is 0.365 bits per heavy atom. The molecule has 0 saturated heterocycles. The summed E-state index contributed by atoms with van der Waals surface area (Å²) in [5.41, 5.74) is 33.9. The molecule has 2 heterocycles. The summed E-state index contributed by atoms with van der Waals surface area (Å²) >= 11 is 0. The average molecular weight is 963 g/mol. The summed E-state index contributed by atoms with van der Waals surface area (Å²) in [7, 11) is 0. The molecule has 0 N–H and O–H groups in total. The molecule has 2 nitrogen and oxygen atoms in total. The van der Waals surface area contributed by atoms with E-state index in [4.69, 9.17) is 0 Å². The van der Waals surface area contributed by atoms with E-state index in [2.05, 4.69) is 246 Å². The zero-order valence-corrected chi connectivity index (χ0v) is 46.4. The lowest BCUT2D eigenvalue weighted by molar-refractivity contribution is 0.332. The molecule has 0 fully saturated rings. The van der Waals surface area contributed by atoms with Crippen LogP contribution in [0.1, 0.15) is 174 Å². The van der Waals surface area contributed by atoms with Crippen molar-refractivity contribution in [2.75, 3.05) is 9.80 Å². The van der Waals surface area contributed by atoms with E-state index in [-0.39, 0.29) is 39.2 Å². The molecule has 14 rings (SSSR count). The summed E-state index contributed by atoms with van der Waals surface area (Å²) in [6.07, 6.45) is 3.27. The van der Waals surface area contributed by atoms with Gasteiger partial charge in [-0.2, -0.15) is 0 Å². The Labute approximate surface area is 442 Å². The topological polar surface area (TPSA) is 6.48 Å². The first kappa shape index (κ1) is 46.0. The maximum absolute atomic E-state index is 2.75. The van der Waals surface area contributed by atoms with Gasteiger partial charge in [0, 0.05) is 56.5 Å². The maximum Gasteiger partial charge on any atom is 0.252 e. The molecule has 0 amide bonds. The molecule has 0 unspecified atom stereocenters. The zero-order valence-electron chi connectivity index (χ0n) is 46.4. The summed E-state index contributed by atoms with van der Waals surface area (Å²) in [5.74, 6) is 0. The first-order valence-corrected chi connectivity index (χ1v) is 27.7. The Morgan fingerprint density at radius 2 is 0.784 bits per heavy atom. The lowest BCUT2D eigenvalue weighted by atomic mass is 9.32. The molecule has 8 aromatic rings. The monoisotopic (exact) mass is 963 g/mol. The van der Waals surface area contributed by atoms with Crippen molar-refractivity contribution in [1.29, 1.82) is 0 Å². The van der Waals surface area contributed by atoms with Crippen molar-refractivity contribution < 1.29 is 0 Å². The predicted molar refractivity (Wildman–Crippen MR) is 315 cm³/mol. The fourth-order valence-corrected chi connectivity index (χ4v) is 15.8. The van der Waals surface area contributed by atoms with Gasteiger partial charge in [-0.15, -0.1) is 0 Å². The SMILES string of the molecule is Cc1cc2c3c(c1)N(c1cccc4c1Cc1ccccc1-4)c1cc4c(cc1B3c1cc3c(cc1N2c1cc2c(cc1C)C(C)(C)CCC2(C)C)C(C)(C)c1ccccc1C3(C)C)C(C)(C)c1ccccc1C4(C)C. The molecule has 3 heteroatoms. The van der Waals surface area contributed by atoms with Gasteiger partial charge in [0.15, 0.2) is 0 Å². The van der Waals surface area contributed by atoms with Gasteiger partial charge in [-0.3, -0.25) is 0 Å². The smallest absolute Gasteiger partial charge is 0.252 e. The van der Waals surface area contributed by atoms with Gasteiger partial charge in [-0.05, 0) is 179 Å². The third-order valence-corrected chi connectivity index (χ3v) is 20.2. The molecule has 74 heavy (non-hydrogen) atoms. The van der Waals surface area contributed by atoms with Gasteiger partial charge in [0.1, 0.15) is 0 Å². The molecule has 0 atom stereocenters. The second-order valence-electron chi connectivity index (χ2n) is 26.9. The minimum atomic E-state index is -0.219. The largest absolute Gasteiger partial charge is 0.311 e. The molecule has 2 aliphatic heterocycles. The van der Waals surface area contributed by atoms with Gasteiger partial charge >= 0.3 is 0 Å². The van der Waals surface area contributed by atoms with Crippen molar-refractivity contribution in [1.82, 2.24) is 0 Å². The Balaban J connectivity index is 1.13. The van der Waals surface area contributed by atoms with Crippen molar-refractivity contribution >= 4 is 57.2 Å². The second kappa shape index (κ2) is 14.6. The molecular weight excluding hydrogens is 892 g/mol. The fourth-order valence-electron chi connectivity index (χ4n) is 15.8. The fraction of sp³-hybridized carbons (Fsp3) is 0.324. The van der Waals surface area contributed by atoms with E-state index in [0.717, 1.165) is 6.42 Å². The van der Waals surface area contributed by atoms with Crippen LogP contribution in [0.5, 0.6) is 0 Å². The molecule has 8 aromatic carbocycles. The molecule has 6 aliphatic rings. The quantitative estimate of drug-likeness (QED) is 0.159. The number of rotatable bonds is 2. The Bertz CT molecular complexity index is 3820. The van der Waals surface area contributed by atoms with E-state index in [1.807, 2.05) is 0 Å². The van der Waals surface area contributed by atoms with E-state index in [1.165, 1.54) is 152 Å². The van der Waals surface area contributed by atoms with Crippen LogP contribution in [0.25, 0.3) is 11.1 Å². The summed E-state index contributed by atoms with van der Waals surface area (Å²) in [5, 5.41) is 0. The van der Waals surface area contributed by atoms with Crippen LogP contribution in [0.4, 0.5) is 34.1 Å². The lowest BCUT2D eigenvalue weighted by Crippen LogP contribution is -2.62. The molecule has 0 spiro atoms. The van der Waals surface area contributed by atoms with E-state index in [1.54, 1.807) is 0 Å². The van der Waals surface area contributed by atoms with Crippen LogP contribution in [0.15, 0.2) is 140 Å². The molecule has 0 bridgehead atoms. The minimum absolute atomic E-state index is 0.0249. The second-order valence-corrected chi connectivity index (χ2v) is 26.9. The standard InChI is InChI=1S/C71H71BN2/c1-41-32-63-65-64(33-41)74(60-38-52-51(34-42(60)2)66(3,4)30-31-67(52,5)6)62-40-56-54(69(9,10)48-26-18-20-28-50(48)71(56,13)14)37-58(62)72(65)57-36-53-55(70(11,12)49-27-19-17-25-47(49)68(53,7)8)39-61(57)73(63)59-29-21-24-45-44-23-16-15-22-43(44)35-46(45)59/h15-29,32-34,36-40H,30-31,35H2,1-14H3. The van der Waals surface area contributed by atoms with E-state index >= 15 is 0 Å². The third-order valence-electron chi connectivity index (χ3n) is 20.2. The van der Waals surface area contributed by atoms with Crippen molar-refractivity contribution in [3.8, 4) is 11.1 Å². The molecule has 4 aliphatic carbocycles. The number of benzene rings is 8. The summed E-state index contributed by atoms with van der Waals surface area (Å²) in [6, 6.07) is 55.9. The Hall–Kier alpha value is -6.58. The predicted octanol–water partition coefficient (Wildman–Crippen LogP) is 16.2. The summed E-state index contributed by atoms with van der Waals surface area (Å²) in [4.78, 5) is 5.49. The van der Waals surface area contributed by atoms with Crippen LogP contribution in [-0.2, 0) is 38.9 Å². The first-order chi connectivity index (χ1) is 35.0. The summed E-state index contributed by atoms with van der Waals surface area (Å²) in [6.45, 7) is 34.4. The number of nitrogens with zero attached hydrogens (tertiary/aromatic N) is 2. The highest BCUT2D eigenvalue weighted by molar-refractivity contribution is 7.00. The highest BCUT2D eigenvalue weighted by Crippen LogP contribution is 2.57. The van der Waals surface area contributed by atoms with Gasteiger partial charge < -0.3 is 9.80 Å². The van der Waals surface area contributed by atoms with Crippen LogP contribution in [-0.4, -0.2) is 6.71 Å². The van der Waals surface area contributed by atoms with E-state index < -0.39 is 0 Å². The Kier molecular flexibility index (Phi) is 9.09. The van der Waals surface area contributed by atoms with Crippen LogP contribution >= 0.6 is 0 Å². The normalized spacial score (nSPS) is 19.4. The Morgan fingerprint density at radius 3 is 1.30 bits per heavy atom. The first-order valence-electron chi connectivity index (χ1n) is 27.7. The number of hydrogen-bond donors (Lipinski definition) is 0. The molecule has 0 saturated carbocycles. The van der Waals surface area contributed by atoms with Crippen molar-refractivity contribution in [2.45, 2.75) is 149 Å². The lowest BCUT2D eigenvalue weighted by Gasteiger charge is -2.50. The molecular formula is C71H71BN2. The number of fused-ring (bicyclic) bond motifs is 12. The highest BCUT2D eigenvalue weighted by atomic mass is 15.2. The molecule has 0 aromatic heterocycles. The number of anilines is 6. The van der Waals surface area contributed by atoms with Gasteiger partial charge in [0.2, 0.25) is 0 Å². The van der Waals surface area contributed by atoms with Gasteiger partial charge in [0.05, 0.1) is 5.69 Å². The summed E-state index contributed by atoms with van der Waals surface area (Å²) < 4.78 is 0. The van der Waals surface area contributed by atoms with Crippen LogP contribution < -0.4 is 26.2 Å². The molecule has 368 valence electrons. The van der Waals surface area contributed by atoms with Crippen LogP contribution in [0, 0.1) is 13.8 Å². The maximum atomic E-state index is 2.75. The van der Waals surface area contributed by atoms with Gasteiger partial charge in [-0.1, -0.05) is 186 Å². The van der Waals surface area contributed by atoms with Gasteiger partial charge in [0.25, 0.3) is 6.71 Å². The zero-order chi connectivity index (χ0) is 51.6. The van der Waals surface area contributed by atoms with Crippen LogP contribution in [0.3, 0.4) is 0 Å². The van der Waals surface area contributed by atoms with E-state index in [9.17, 15) is 0 Å². The van der Waals surface area contributed by atoms with E-state index in [0.29, 0.717) is 0 Å². The van der Waals surface area contributed by atoms with Gasteiger partial charge in [-0.25, -0.2) is 0 Å². The van der Waals surface area contributed by atoms with Crippen LogP contribution in [0.2, 0.25) is 0 Å². The minimum Gasteiger partial charge on any atom is -0.311 e. The molecule has 0 radical (unpaired) electrons. The number of aryl methyl sites for hydroxylation is 2. The number of hydrogen-bond acceptors (Lipinski definition) is 2. The average Bonchev–Trinajstić information content (AvgIpc) is 3.76. The highest BCUT2D eigenvalue weighted by Gasteiger charge is 2.51.